The summed E-state index contributed by atoms with van der Waals surface area (Å²) in [7, 11) is -5.08. The number of hydrogen-bond donors (Lipinski definition) is 8. The average Bonchev–Trinajstić information content (AvgIpc) is 3.30. The first-order valence-electron chi connectivity index (χ1n) is 27.6. The molecule has 0 spiro atoms. The third kappa shape index (κ3) is 33.6. The Morgan fingerprint density at radius 2 is 0.803 bits per heavy atom. The number of hydrogen-bond acceptors (Lipinski definition) is 10. The minimum absolute atomic E-state index is 0.219. The Morgan fingerprint density at radius 1 is 0.500 bits per heavy atom. The molecule has 392 valence electrons. The van der Waals surface area contributed by atoms with Gasteiger partial charge in [-0.2, -0.15) is 0 Å². The first kappa shape index (κ1) is 63.1. The molecule has 0 radical (unpaired) electrons. The lowest BCUT2D eigenvalue weighted by atomic mass is 9.85. The molecule has 1 rings (SSSR count). The van der Waals surface area contributed by atoms with Gasteiger partial charge in [0, 0.05) is 6.42 Å². The molecule has 0 aromatic carbocycles. The van der Waals surface area contributed by atoms with Crippen molar-refractivity contribution < 1.29 is 53.9 Å². The van der Waals surface area contributed by atoms with Gasteiger partial charge in [-0.3, -0.25) is 13.8 Å². The topological polar surface area (TPSA) is 206 Å². The van der Waals surface area contributed by atoms with E-state index in [1.165, 1.54) is 199 Å². The maximum absolute atomic E-state index is 13.0. The van der Waals surface area contributed by atoms with Crippen LogP contribution in [0.4, 0.5) is 0 Å². The van der Waals surface area contributed by atoms with Crippen LogP contribution in [0.15, 0.2) is 12.2 Å². The second-order valence-corrected chi connectivity index (χ2v) is 21.2. The minimum atomic E-state index is -5.08. The monoisotopic (exact) mass is 962 g/mol. The summed E-state index contributed by atoms with van der Waals surface area (Å²) >= 11 is 0. The minimum Gasteiger partial charge on any atom is -0.387 e. The number of rotatable bonds is 47. The normalized spacial score (nSPS) is 21.9. The summed E-state index contributed by atoms with van der Waals surface area (Å²) < 4.78 is 22.9. The standard InChI is InChI=1S/C53H104NO11P/c1-3-5-7-9-11-13-15-16-17-18-19-20-21-22-23-24-25-26-27-28-29-30-31-33-35-37-39-41-43-47(56)54-45(46(55)42-40-38-36-34-32-14-12-10-8-6-4-2)44-64-66(62,63)65-53-51(60)49(58)48(57)50(59)52(53)61/h40,42,45-46,48-53,55,57-61H,3-39,41,43-44H2,1-2H3,(H,54,56)(H,62,63)/b42-40+/t45-,46+,48?,49+,50?,51?,52?,53?/m0/s1. The summed E-state index contributed by atoms with van der Waals surface area (Å²) in [4.78, 5) is 23.4. The molecule has 12 nitrogen and oxygen atoms in total. The zero-order chi connectivity index (χ0) is 48.5. The van der Waals surface area contributed by atoms with Gasteiger partial charge in [-0.25, -0.2) is 4.57 Å². The second kappa shape index (κ2) is 42.9. The van der Waals surface area contributed by atoms with Crippen molar-refractivity contribution in [2.24, 2.45) is 0 Å². The van der Waals surface area contributed by atoms with Gasteiger partial charge in [0.15, 0.2) is 0 Å². The zero-order valence-corrected chi connectivity index (χ0v) is 43.2. The van der Waals surface area contributed by atoms with Crippen LogP contribution in [0.1, 0.15) is 264 Å². The average molecular weight is 962 g/mol. The quantitative estimate of drug-likeness (QED) is 0.0164. The van der Waals surface area contributed by atoms with Crippen molar-refractivity contribution in [1.82, 2.24) is 5.32 Å². The highest BCUT2D eigenvalue weighted by Gasteiger charge is 2.51. The number of phosphoric acid groups is 1. The van der Waals surface area contributed by atoms with Crippen molar-refractivity contribution in [2.45, 2.75) is 313 Å². The predicted molar refractivity (Wildman–Crippen MR) is 269 cm³/mol. The molecule has 0 aromatic heterocycles. The summed E-state index contributed by atoms with van der Waals surface area (Å²) in [5, 5.41) is 64.1. The molecule has 1 amide bonds. The maximum Gasteiger partial charge on any atom is 0.472 e. The molecule has 6 unspecified atom stereocenters. The Bertz CT molecular complexity index is 1160. The molecule has 0 aliphatic heterocycles. The molecule has 1 fully saturated rings. The summed E-state index contributed by atoms with van der Waals surface area (Å²) in [5.74, 6) is -0.336. The number of aliphatic hydroxyl groups excluding tert-OH is 6. The third-order valence-electron chi connectivity index (χ3n) is 13.6. The fraction of sp³-hybridized carbons (Fsp3) is 0.943. The van der Waals surface area contributed by atoms with Gasteiger partial charge in [-0.05, 0) is 19.3 Å². The molecule has 0 heterocycles. The highest BCUT2D eigenvalue weighted by Crippen LogP contribution is 2.47. The van der Waals surface area contributed by atoms with Gasteiger partial charge in [0.25, 0.3) is 0 Å². The van der Waals surface area contributed by atoms with Crippen LogP contribution < -0.4 is 5.32 Å². The van der Waals surface area contributed by atoms with Gasteiger partial charge < -0.3 is 40.8 Å². The van der Waals surface area contributed by atoms with Crippen molar-refractivity contribution in [2.75, 3.05) is 6.61 Å². The second-order valence-electron chi connectivity index (χ2n) is 19.8. The molecule has 1 saturated carbocycles. The van der Waals surface area contributed by atoms with E-state index in [-0.39, 0.29) is 12.3 Å². The predicted octanol–water partition coefficient (Wildman–Crippen LogP) is 12.0. The Hall–Kier alpha value is -0.920. The van der Waals surface area contributed by atoms with Gasteiger partial charge in [-0.15, -0.1) is 0 Å². The van der Waals surface area contributed by atoms with E-state index in [4.69, 9.17) is 9.05 Å². The van der Waals surface area contributed by atoms with Crippen LogP contribution in [0, 0.1) is 0 Å². The number of amides is 1. The molecule has 1 aliphatic rings. The van der Waals surface area contributed by atoms with E-state index >= 15 is 0 Å². The first-order valence-corrected chi connectivity index (χ1v) is 29.1. The molecule has 0 bridgehead atoms. The molecule has 0 saturated heterocycles. The maximum atomic E-state index is 13.0. The molecule has 0 aromatic rings. The summed E-state index contributed by atoms with van der Waals surface area (Å²) in [5.41, 5.74) is 0. The van der Waals surface area contributed by atoms with Gasteiger partial charge >= 0.3 is 7.82 Å². The summed E-state index contributed by atoms with van der Waals surface area (Å²) in [6.45, 7) is 3.85. The largest absolute Gasteiger partial charge is 0.472 e. The Morgan fingerprint density at radius 3 is 1.15 bits per heavy atom. The summed E-state index contributed by atoms with van der Waals surface area (Å²) in [6.07, 6.45) is 38.9. The highest BCUT2D eigenvalue weighted by molar-refractivity contribution is 7.47. The number of carbonyl (C=O) groups excluding carboxylic acids is 1. The summed E-state index contributed by atoms with van der Waals surface area (Å²) in [6, 6.07) is -1.11. The van der Waals surface area contributed by atoms with Crippen LogP contribution in [0.2, 0.25) is 0 Å². The Kier molecular flexibility index (Phi) is 41.0. The zero-order valence-electron chi connectivity index (χ0n) is 42.3. The molecular formula is C53H104NO11P. The third-order valence-corrected chi connectivity index (χ3v) is 14.6. The van der Waals surface area contributed by atoms with Gasteiger partial charge in [-0.1, -0.05) is 251 Å². The van der Waals surface area contributed by atoms with E-state index in [2.05, 4.69) is 19.2 Å². The van der Waals surface area contributed by atoms with E-state index in [9.17, 15) is 44.9 Å². The fourth-order valence-electron chi connectivity index (χ4n) is 9.08. The molecule has 13 heteroatoms. The number of aliphatic hydroxyl groups is 6. The highest BCUT2D eigenvalue weighted by atomic mass is 31.2. The fourth-order valence-corrected chi connectivity index (χ4v) is 10.0. The van der Waals surface area contributed by atoms with Crippen LogP contribution in [-0.2, 0) is 18.4 Å². The number of allylic oxidation sites excluding steroid dienone is 1. The van der Waals surface area contributed by atoms with Crippen molar-refractivity contribution in [1.29, 1.82) is 0 Å². The molecule has 1 aliphatic carbocycles. The first-order chi connectivity index (χ1) is 31.9. The van der Waals surface area contributed by atoms with E-state index in [1.54, 1.807) is 0 Å². The van der Waals surface area contributed by atoms with Crippen molar-refractivity contribution in [3.63, 3.8) is 0 Å². The van der Waals surface area contributed by atoms with E-state index in [1.807, 2.05) is 6.08 Å². The van der Waals surface area contributed by atoms with Crippen molar-refractivity contribution in [3.05, 3.63) is 12.2 Å². The molecule has 66 heavy (non-hydrogen) atoms. The van der Waals surface area contributed by atoms with Crippen LogP contribution >= 0.6 is 7.82 Å². The van der Waals surface area contributed by atoms with E-state index < -0.39 is 63.2 Å². The van der Waals surface area contributed by atoms with Crippen LogP contribution in [0.5, 0.6) is 0 Å². The SMILES string of the molecule is CCCCCCCCCCC/C=C/[C@@H](O)[C@H](COP(=O)(O)OC1C(O)C(O)C(O)[C@@H](O)C1O)NC(=O)CCCCCCCCCCCCCCCCCCCCCCCCCCCCCC. The van der Waals surface area contributed by atoms with E-state index in [0.29, 0.717) is 6.42 Å². The lowest BCUT2D eigenvalue weighted by Gasteiger charge is -2.41. The Labute approximate surface area is 403 Å². The molecule has 8 N–H and O–H groups in total. The van der Waals surface area contributed by atoms with Gasteiger partial charge in [0.05, 0.1) is 18.8 Å². The molecule has 9 atom stereocenters. The van der Waals surface area contributed by atoms with Crippen molar-refractivity contribution >= 4 is 13.7 Å². The lowest BCUT2D eigenvalue weighted by Crippen LogP contribution is -2.64. The van der Waals surface area contributed by atoms with Crippen molar-refractivity contribution in [3.8, 4) is 0 Å². The van der Waals surface area contributed by atoms with Crippen LogP contribution in [-0.4, -0.2) is 96.8 Å². The molecular weight excluding hydrogens is 858 g/mol. The number of carbonyl (C=O) groups is 1. The van der Waals surface area contributed by atoms with Gasteiger partial charge in [0.1, 0.15) is 36.6 Å². The number of unbranched alkanes of at least 4 members (excludes halogenated alkanes) is 36. The smallest absolute Gasteiger partial charge is 0.387 e. The number of phosphoric ester groups is 1. The number of nitrogens with one attached hydrogen (secondary N) is 1. The Balaban J connectivity index is 2.25. The lowest BCUT2D eigenvalue weighted by molar-refractivity contribution is -0.220. The van der Waals surface area contributed by atoms with Gasteiger partial charge in [0.2, 0.25) is 5.91 Å². The van der Waals surface area contributed by atoms with E-state index in [0.717, 1.165) is 44.9 Å². The van der Waals surface area contributed by atoms with Crippen LogP contribution in [0.3, 0.4) is 0 Å². The van der Waals surface area contributed by atoms with Crippen LogP contribution in [0.25, 0.3) is 0 Å².